The number of hydrogen-bond donors (Lipinski definition) is 1. The third-order valence-electron chi connectivity index (χ3n) is 4.59. The van der Waals surface area contributed by atoms with Gasteiger partial charge in [-0.05, 0) is 36.1 Å². The second-order valence-electron chi connectivity index (χ2n) is 6.94. The third-order valence-corrected chi connectivity index (χ3v) is 4.59. The number of anilines is 1. The zero-order valence-electron chi connectivity index (χ0n) is 15.1. The Balaban J connectivity index is 1.79. The molecule has 0 unspecified atom stereocenters. The minimum absolute atomic E-state index is 0.660. The summed E-state index contributed by atoms with van der Waals surface area (Å²) in [7, 11) is 0. The van der Waals surface area contributed by atoms with E-state index in [0.29, 0.717) is 5.92 Å². The normalized spacial score (nSPS) is 11.3. The van der Waals surface area contributed by atoms with E-state index in [1.54, 1.807) is 6.33 Å². The molecule has 2 aromatic carbocycles. The highest BCUT2D eigenvalue weighted by atomic mass is 15.0. The Morgan fingerprint density at radius 2 is 1.85 bits per heavy atom. The lowest BCUT2D eigenvalue weighted by Crippen LogP contribution is -2.06. The summed E-state index contributed by atoms with van der Waals surface area (Å²) in [6.45, 7) is 5.36. The number of nitrogens with zero attached hydrogens (tertiary/aromatic N) is 3. The lowest BCUT2D eigenvalue weighted by molar-refractivity contribution is 0.607. The monoisotopic (exact) mass is 342 g/mol. The van der Waals surface area contributed by atoms with Gasteiger partial charge in [-0.1, -0.05) is 44.2 Å². The van der Waals surface area contributed by atoms with Gasteiger partial charge in [-0.3, -0.25) is 4.98 Å². The molecule has 26 heavy (non-hydrogen) atoms. The van der Waals surface area contributed by atoms with Gasteiger partial charge in [-0.25, -0.2) is 9.97 Å². The van der Waals surface area contributed by atoms with Crippen molar-refractivity contribution in [3.63, 3.8) is 0 Å². The fourth-order valence-electron chi connectivity index (χ4n) is 3.18. The highest BCUT2D eigenvalue weighted by Gasteiger charge is 2.09. The van der Waals surface area contributed by atoms with Crippen molar-refractivity contribution in [1.29, 1.82) is 0 Å². The molecule has 2 heterocycles. The predicted octanol–water partition coefficient (Wildman–Crippen LogP) is 5.30. The van der Waals surface area contributed by atoms with Gasteiger partial charge in [0.15, 0.2) is 0 Å². The van der Waals surface area contributed by atoms with E-state index in [4.69, 9.17) is 0 Å². The van der Waals surface area contributed by atoms with Crippen LogP contribution >= 0.6 is 0 Å². The second-order valence-corrected chi connectivity index (χ2v) is 6.94. The number of pyridine rings is 1. The van der Waals surface area contributed by atoms with Crippen LogP contribution in [0.5, 0.6) is 0 Å². The van der Waals surface area contributed by atoms with Crippen molar-refractivity contribution < 1.29 is 0 Å². The highest BCUT2D eigenvalue weighted by Crippen LogP contribution is 2.30. The van der Waals surface area contributed by atoms with Crippen molar-refractivity contribution in [2.75, 3.05) is 11.9 Å². The first kappa shape index (κ1) is 16.5. The summed E-state index contributed by atoms with van der Waals surface area (Å²) >= 11 is 0. The minimum atomic E-state index is 0.660. The molecule has 0 aliphatic rings. The summed E-state index contributed by atoms with van der Waals surface area (Å²) in [5.41, 5.74) is 4.22. The predicted molar refractivity (Wildman–Crippen MR) is 108 cm³/mol. The fourth-order valence-corrected chi connectivity index (χ4v) is 3.18. The molecule has 4 aromatic rings. The molecule has 0 saturated carbocycles. The Hall–Kier alpha value is -3.01. The van der Waals surface area contributed by atoms with Crippen LogP contribution in [0, 0.1) is 5.92 Å². The van der Waals surface area contributed by atoms with E-state index < -0.39 is 0 Å². The van der Waals surface area contributed by atoms with Gasteiger partial charge in [0.1, 0.15) is 12.1 Å². The van der Waals surface area contributed by atoms with E-state index in [0.717, 1.165) is 51.7 Å². The van der Waals surface area contributed by atoms with Crippen LogP contribution in [0.1, 0.15) is 20.3 Å². The summed E-state index contributed by atoms with van der Waals surface area (Å²) in [4.78, 5) is 13.5. The first-order valence-electron chi connectivity index (χ1n) is 9.05. The number of hydrogen-bond acceptors (Lipinski definition) is 4. The van der Waals surface area contributed by atoms with Gasteiger partial charge in [-0.2, -0.15) is 0 Å². The van der Waals surface area contributed by atoms with Crippen LogP contribution < -0.4 is 5.32 Å². The lowest BCUT2D eigenvalue weighted by Gasteiger charge is -2.11. The summed E-state index contributed by atoms with van der Waals surface area (Å²) in [5, 5.41) is 5.65. The van der Waals surface area contributed by atoms with Crippen LogP contribution in [0.4, 0.5) is 5.82 Å². The van der Waals surface area contributed by atoms with E-state index in [1.807, 2.05) is 12.3 Å². The molecule has 130 valence electrons. The fraction of sp³-hybridized carbons (Fsp3) is 0.227. The Morgan fingerprint density at radius 3 is 2.73 bits per heavy atom. The molecule has 4 heteroatoms. The number of rotatable bonds is 5. The lowest BCUT2D eigenvalue weighted by atomic mass is 10.0. The molecular weight excluding hydrogens is 320 g/mol. The number of nitrogens with one attached hydrogen (secondary N) is 1. The molecule has 4 rings (SSSR count). The molecule has 0 radical (unpaired) electrons. The Labute approximate surface area is 153 Å². The Bertz CT molecular complexity index is 1050. The van der Waals surface area contributed by atoms with Crippen molar-refractivity contribution >= 4 is 27.6 Å². The summed E-state index contributed by atoms with van der Waals surface area (Å²) in [6.07, 6.45) is 4.58. The Kier molecular flexibility index (Phi) is 4.48. The molecule has 0 fully saturated rings. The summed E-state index contributed by atoms with van der Waals surface area (Å²) in [5.74, 6) is 1.55. The summed E-state index contributed by atoms with van der Waals surface area (Å²) < 4.78 is 0. The molecule has 4 nitrogen and oxygen atoms in total. The van der Waals surface area contributed by atoms with Gasteiger partial charge in [0.25, 0.3) is 0 Å². The average molecular weight is 342 g/mol. The molecule has 0 atom stereocenters. The second kappa shape index (κ2) is 7.08. The van der Waals surface area contributed by atoms with E-state index in [2.05, 4.69) is 76.6 Å². The molecule has 0 aliphatic carbocycles. The molecular formula is C22H22N4. The van der Waals surface area contributed by atoms with Gasteiger partial charge in [-0.15, -0.1) is 0 Å². The third kappa shape index (κ3) is 3.23. The largest absolute Gasteiger partial charge is 0.369 e. The maximum Gasteiger partial charge on any atom is 0.137 e. The maximum atomic E-state index is 4.58. The average Bonchev–Trinajstić information content (AvgIpc) is 2.67. The van der Waals surface area contributed by atoms with E-state index >= 15 is 0 Å². The minimum Gasteiger partial charge on any atom is -0.369 e. The van der Waals surface area contributed by atoms with Crippen molar-refractivity contribution in [2.24, 2.45) is 5.92 Å². The topological polar surface area (TPSA) is 50.7 Å². The van der Waals surface area contributed by atoms with Gasteiger partial charge < -0.3 is 5.32 Å². The summed E-state index contributed by atoms with van der Waals surface area (Å²) in [6, 6.07) is 16.7. The smallest absolute Gasteiger partial charge is 0.137 e. The van der Waals surface area contributed by atoms with Crippen molar-refractivity contribution in [2.45, 2.75) is 20.3 Å². The molecule has 0 bridgehead atoms. The standard InChI is InChI=1S/C22H22N4/c1-15(2)10-12-24-22-19-13-17(8-9-20(19)25-14-26-22)18-7-3-5-16-6-4-11-23-21(16)18/h3-9,11,13-15H,10,12H2,1-2H3,(H,24,25,26). The zero-order valence-corrected chi connectivity index (χ0v) is 15.1. The molecule has 0 amide bonds. The number of fused-ring (bicyclic) bond motifs is 2. The van der Waals surface area contributed by atoms with Gasteiger partial charge in [0, 0.05) is 29.1 Å². The molecule has 1 N–H and O–H groups in total. The Morgan fingerprint density at radius 1 is 0.962 bits per heavy atom. The number of aromatic nitrogens is 3. The first-order valence-corrected chi connectivity index (χ1v) is 9.05. The highest BCUT2D eigenvalue weighted by molar-refractivity contribution is 5.98. The van der Waals surface area contributed by atoms with Crippen LogP contribution in [0.15, 0.2) is 61.1 Å². The van der Waals surface area contributed by atoms with Crippen molar-refractivity contribution in [3.05, 3.63) is 61.1 Å². The van der Waals surface area contributed by atoms with E-state index in [9.17, 15) is 0 Å². The maximum absolute atomic E-state index is 4.58. The van der Waals surface area contributed by atoms with E-state index in [1.165, 1.54) is 0 Å². The van der Waals surface area contributed by atoms with E-state index in [-0.39, 0.29) is 0 Å². The molecule has 0 spiro atoms. The van der Waals surface area contributed by atoms with Crippen LogP contribution in [0.2, 0.25) is 0 Å². The van der Waals surface area contributed by atoms with Crippen molar-refractivity contribution in [3.8, 4) is 11.1 Å². The molecule has 0 aliphatic heterocycles. The number of para-hydroxylation sites is 1. The number of benzene rings is 2. The van der Waals surface area contributed by atoms with Crippen LogP contribution in [-0.4, -0.2) is 21.5 Å². The van der Waals surface area contributed by atoms with Gasteiger partial charge in [0.2, 0.25) is 0 Å². The van der Waals surface area contributed by atoms with Gasteiger partial charge >= 0.3 is 0 Å². The zero-order chi connectivity index (χ0) is 17.9. The molecule has 2 aromatic heterocycles. The van der Waals surface area contributed by atoms with Crippen LogP contribution in [-0.2, 0) is 0 Å². The quantitative estimate of drug-likeness (QED) is 0.534. The SMILES string of the molecule is CC(C)CCNc1ncnc2ccc(-c3cccc4cccnc34)cc12. The van der Waals surface area contributed by atoms with Crippen LogP contribution in [0.3, 0.4) is 0 Å². The molecule has 0 saturated heterocycles. The van der Waals surface area contributed by atoms with Gasteiger partial charge in [0.05, 0.1) is 11.0 Å². The van der Waals surface area contributed by atoms with Crippen LogP contribution in [0.25, 0.3) is 32.9 Å². The van der Waals surface area contributed by atoms with Crippen molar-refractivity contribution in [1.82, 2.24) is 15.0 Å². The first-order chi connectivity index (χ1) is 12.7.